The molecule has 4 atom stereocenters. The standard InChI is InChI=1S/C21H23N3O/c1-13-22-21(25-23-13)20-18(12-17-9-10-19(20)24(17)2)16-8-7-14-5-3-4-6-15(14)11-16/h3-8,11,17-20H,9-10,12H2,1-2H3/t17?,18-,19-,20-/m1/s1. The summed E-state index contributed by atoms with van der Waals surface area (Å²) in [5.74, 6) is 2.27. The first kappa shape index (κ1) is 15.1. The number of aryl methyl sites for hydroxylation is 1. The number of hydrogen-bond acceptors (Lipinski definition) is 4. The fourth-order valence-electron chi connectivity index (χ4n) is 5.03. The van der Waals surface area contributed by atoms with Crippen molar-refractivity contribution in [2.75, 3.05) is 7.05 Å². The van der Waals surface area contributed by atoms with Crippen LogP contribution >= 0.6 is 0 Å². The van der Waals surface area contributed by atoms with E-state index in [0.29, 0.717) is 18.0 Å². The minimum Gasteiger partial charge on any atom is -0.339 e. The smallest absolute Gasteiger partial charge is 0.231 e. The maximum atomic E-state index is 5.65. The van der Waals surface area contributed by atoms with E-state index in [9.17, 15) is 0 Å². The molecule has 2 fully saturated rings. The average Bonchev–Trinajstić information content (AvgIpc) is 3.15. The van der Waals surface area contributed by atoms with Crippen LogP contribution in [0.1, 0.15) is 48.4 Å². The highest BCUT2D eigenvalue weighted by Gasteiger charge is 2.48. The molecular formula is C21H23N3O. The predicted octanol–water partition coefficient (Wildman–Crippen LogP) is 4.27. The van der Waals surface area contributed by atoms with Gasteiger partial charge in [-0.05, 0) is 55.5 Å². The van der Waals surface area contributed by atoms with E-state index < -0.39 is 0 Å². The van der Waals surface area contributed by atoms with Gasteiger partial charge in [-0.15, -0.1) is 0 Å². The summed E-state index contributed by atoms with van der Waals surface area (Å²) in [5.41, 5.74) is 1.41. The van der Waals surface area contributed by atoms with Crippen molar-refractivity contribution in [2.24, 2.45) is 0 Å². The lowest BCUT2D eigenvalue weighted by molar-refractivity contribution is 0.120. The molecule has 0 amide bonds. The molecule has 4 nitrogen and oxygen atoms in total. The van der Waals surface area contributed by atoms with Crippen LogP contribution in [0.2, 0.25) is 0 Å². The summed E-state index contributed by atoms with van der Waals surface area (Å²) in [6.07, 6.45) is 3.66. The van der Waals surface area contributed by atoms with E-state index >= 15 is 0 Å². The average molecular weight is 333 g/mol. The molecule has 2 saturated heterocycles. The molecule has 2 bridgehead atoms. The van der Waals surface area contributed by atoms with Crippen molar-refractivity contribution in [1.82, 2.24) is 15.0 Å². The zero-order valence-corrected chi connectivity index (χ0v) is 14.7. The van der Waals surface area contributed by atoms with Crippen molar-refractivity contribution >= 4 is 10.8 Å². The molecule has 3 heterocycles. The quantitative estimate of drug-likeness (QED) is 0.702. The highest BCUT2D eigenvalue weighted by molar-refractivity contribution is 5.83. The Morgan fingerprint density at radius 2 is 1.92 bits per heavy atom. The summed E-state index contributed by atoms with van der Waals surface area (Å²) in [6.45, 7) is 1.90. The van der Waals surface area contributed by atoms with Crippen molar-refractivity contribution in [3.8, 4) is 0 Å². The van der Waals surface area contributed by atoms with Crippen LogP contribution in [-0.2, 0) is 0 Å². The predicted molar refractivity (Wildman–Crippen MR) is 97.7 cm³/mol. The summed E-state index contributed by atoms with van der Waals surface area (Å²) >= 11 is 0. The van der Waals surface area contributed by atoms with E-state index in [1.54, 1.807) is 0 Å². The van der Waals surface area contributed by atoms with Crippen molar-refractivity contribution < 1.29 is 4.52 Å². The van der Waals surface area contributed by atoms with Crippen molar-refractivity contribution in [2.45, 2.75) is 50.1 Å². The Labute approximate surface area is 147 Å². The van der Waals surface area contributed by atoms with Crippen molar-refractivity contribution in [3.63, 3.8) is 0 Å². The number of rotatable bonds is 2. The monoisotopic (exact) mass is 333 g/mol. The number of aromatic nitrogens is 2. The lowest BCUT2D eigenvalue weighted by Crippen LogP contribution is -2.44. The van der Waals surface area contributed by atoms with E-state index in [0.717, 1.165) is 18.1 Å². The molecule has 0 radical (unpaired) electrons. The molecule has 5 rings (SSSR count). The van der Waals surface area contributed by atoms with E-state index in [-0.39, 0.29) is 5.92 Å². The number of hydrogen-bond donors (Lipinski definition) is 0. The number of nitrogens with zero attached hydrogens (tertiary/aromatic N) is 3. The fourth-order valence-corrected chi connectivity index (χ4v) is 5.03. The second kappa shape index (κ2) is 5.67. The van der Waals surface area contributed by atoms with Crippen LogP contribution in [0, 0.1) is 6.92 Å². The van der Waals surface area contributed by atoms with E-state index in [1.165, 1.54) is 29.2 Å². The third-order valence-electron chi connectivity index (χ3n) is 6.30. The van der Waals surface area contributed by atoms with E-state index in [1.807, 2.05) is 6.92 Å². The molecule has 128 valence electrons. The largest absolute Gasteiger partial charge is 0.339 e. The number of fused-ring (bicyclic) bond motifs is 3. The maximum Gasteiger partial charge on any atom is 0.231 e. The van der Waals surface area contributed by atoms with Crippen LogP contribution in [0.4, 0.5) is 0 Å². The highest BCUT2D eigenvalue weighted by atomic mass is 16.5. The molecule has 2 aliphatic heterocycles. The summed E-state index contributed by atoms with van der Waals surface area (Å²) in [4.78, 5) is 7.16. The van der Waals surface area contributed by atoms with Crippen molar-refractivity contribution in [1.29, 1.82) is 0 Å². The molecular weight excluding hydrogens is 310 g/mol. The number of likely N-dealkylation sites (N-methyl/N-ethyl adjacent to an activating group) is 1. The van der Waals surface area contributed by atoms with Gasteiger partial charge in [-0.3, -0.25) is 4.90 Å². The Morgan fingerprint density at radius 3 is 2.72 bits per heavy atom. The zero-order valence-electron chi connectivity index (χ0n) is 14.7. The van der Waals surface area contributed by atoms with Gasteiger partial charge in [0.25, 0.3) is 0 Å². The summed E-state index contributed by atoms with van der Waals surface area (Å²) in [5, 5.41) is 6.68. The molecule has 25 heavy (non-hydrogen) atoms. The van der Waals surface area contributed by atoms with Gasteiger partial charge in [0.2, 0.25) is 5.89 Å². The normalized spacial score (nSPS) is 29.4. The highest BCUT2D eigenvalue weighted by Crippen LogP contribution is 2.50. The second-order valence-corrected chi connectivity index (χ2v) is 7.62. The van der Waals surface area contributed by atoms with Gasteiger partial charge in [0, 0.05) is 12.1 Å². The summed E-state index contributed by atoms with van der Waals surface area (Å²) in [7, 11) is 2.26. The number of piperidine rings is 1. The number of benzene rings is 2. The first-order valence-electron chi connectivity index (χ1n) is 9.21. The van der Waals surface area contributed by atoms with Gasteiger partial charge < -0.3 is 4.52 Å². The Kier molecular flexibility index (Phi) is 3.42. The first-order chi connectivity index (χ1) is 12.2. The minimum atomic E-state index is 0.283. The molecule has 1 unspecified atom stereocenters. The third-order valence-corrected chi connectivity index (χ3v) is 6.30. The van der Waals surface area contributed by atoms with Crippen LogP contribution in [0.15, 0.2) is 47.0 Å². The Bertz CT molecular complexity index is 918. The Balaban J connectivity index is 1.61. The Morgan fingerprint density at radius 1 is 1.08 bits per heavy atom. The molecule has 2 aliphatic rings. The zero-order chi connectivity index (χ0) is 17.0. The molecule has 0 saturated carbocycles. The van der Waals surface area contributed by atoms with Crippen LogP contribution in [0.5, 0.6) is 0 Å². The molecule has 2 aromatic carbocycles. The molecule has 0 N–H and O–H groups in total. The van der Waals surface area contributed by atoms with Crippen LogP contribution in [-0.4, -0.2) is 34.2 Å². The van der Waals surface area contributed by atoms with Crippen LogP contribution in [0.3, 0.4) is 0 Å². The van der Waals surface area contributed by atoms with E-state index in [4.69, 9.17) is 4.52 Å². The molecule has 1 aromatic heterocycles. The SMILES string of the molecule is Cc1noc([C@@H]2[C@@H](c3ccc4ccccc4c3)CC3CC[C@H]2N3C)n1. The van der Waals surface area contributed by atoms with Gasteiger partial charge in [-0.2, -0.15) is 4.98 Å². The Hall–Kier alpha value is -2.20. The van der Waals surface area contributed by atoms with Gasteiger partial charge in [0.05, 0.1) is 5.92 Å². The van der Waals surface area contributed by atoms with Gasteiger partial charge in [0.15, 0.2) is 5.82 Å². The molecule has 3 aromatic rings. The second-order valence-electron chi connectivity index (χ2n) is 7.62. The first-order valence-corrected chi connectivity index (χ1v) is 9.21. The minimum absolute atomic E-state index is 0.283. The lowest BCUT2D eigenvalue weighted by atomic mass is 9.75. The van der Waals surface area contributed by atoms with Crippen molar-refractivity contribution in [3.05, 3.63) is 59.7 Å². The fraction of sp³-hybridized carbons (Fsp3) is 0.429. The van der Waals surface area contributed by atoms with E-state index in [2.05, 4.69) is 64.6 Å². The van der Waals surface area contributed by atoms with Crippen LogP contribution in [0.25, 0.3) is 10.8 Å². The third kappa shape index (κ3) is 2.39. The van der Waals surface area contributed by atoms with Gasteiger partial charge in [-0.25, -0.2) is 0 Å². The van der Waals surface area contributed by atoms with Gasteiger partial charge >= 0.3 is 0 Å². The molecule has 4 heteroatoms. The van der Waals surface area contributed by atoms with Crippen LogP contribution < -0.4 is 0 Å². The lowest BCUT2D eigenvalue weighted by Gasteiger charge is -2.41. The van der Waals surface area contributed by atoms with Gasteiger partial charge in [0.1, 0.15) is 0 Å². The molecule has 0 spiro atoms. The molecule has 0 aliphatic carbocycles. The maximum absolute atomic E-state index is 5.65. The summed E-state index contributed by atoms with van der Waals surface area (Å²) < 4.78 is 5.65. The summed E-state index contributed by atoms with van der Waals surface area (Å²) in [6, 6.07) is 16.7. The van der Waals surface area contributed by atoms with Gasteiger partial charge in [-0.1, -0.05) is 47.6 Å². The topological polar surface area (TPSA) is 42.2 Å².